The monoisotopic (exact) mass is 465 g/mol. The molecular formula is C27H28ClNO4. The van der Waals surface area contributed by atoms with Gasteiger partial charge in [-0.1, -0.05) is 70.0 Å². The van der Waals surface area contributed by atoms with E-state index in [1.165, 1.54) is 0 Å². The number of unbranched alkanes of at least 4 members (excludes halogenated alkanes) is 1. The maximum atomic E-state index is 13.6. The minimum absolute atomic E-state index is 0.0297. The van der Waals surface area contributed by atoms with Gasteiger partial charge in [0.15, 0.2) is 11.5 Å². The Bertz CT molecular complexity index is 1250. The van der Waals surface area contributed by atoms with Crippen LogP contribution in [0.1, 0.15) is 68.3 Å². The first-order chi connectivity index (χ1) is 15.6. The van der Waals surface area contributed by atoms with Gasteiger partial charge in [0.05, 0.1) is 11.6 Å². The Labute approximate surface area is 198 Å². The lowest BCUT2D eigenvalue weighted by atomic mass is 9.85. The highest BCUT2D eigenvalue weighted by Gasteiger charge is 2.44. The van der Waals surface area contributed by atoms with Crippen LogP contribution in [0.4, 0.5) is 0 Å². The highest BCUT2D eigenvalue weighted by atomic mass is 35.5. The van der Waals surface area contributed by atoms with Crippen molar-refractivity contribution in [3.05, 3.63) is 81.8 Å². The first-order valence-corrected chi connectivity index (χ1v) is 11.6. The van der Waals surface area contributed by atoms with Gasteiger partial charge in [-0.05, 0) is 47.2 Å². The van der Waals surface area contributed by atoms with Crippen molar-refractivity contribution in [2.75, 3.05) is 6.54 Å². The molecule has 0 spiro atoms. The Kier molecular flexibility index (Phi) is 6.10. The summed E-state index contributed by atoms with van der Waals surface area (Å²) in [6.45, 7) is 8.86. The van der Waals surface area contributed by atoms with Crippen molar-refractivity contribution in [1.29, 1.82) is 0 Å². The number of aliphatic hydroxyl groups excluding tert-OH is 1. The molecule has 1 aromatic heterocycles. The third kappa shape index (κ3) is 4.30. The second-order valence-corrected chi connectivity index (χ2v) is 9.95. The first kappa shape index (κ1) is 23.1. The van der Waals surface area contributed by atoms with Gasteiger partial charge in [-0.15, -0.1) is 0 Å². The molecule has 1 unspecified atom stereocenters. The summed E-state index contributed by atoms with van der Waals surface area (Å²) in [5.74, 6) is -1.48. The number of furan rings is 1. The van der Waals surface area contributed by atoms with Crippen molar-refractivity contribution in [3.8, 4) is 0 Å². The average Bonchev–Trinajstić information content (AvgIpc) is 3.30. The molecular weight excluding hydrogens is 438 g/mol. The maximum Gasteiger partial charge on any atom is 0.290 e. The minimum atomic E-state index is -0.678. The fourth-order valence-electron chi connectivity index (χ4n) is 4.22. The molecule has 33 heavy (non-hydrogen) atoms. The van der Waals surface area contributed by atoms with E-state index in [4.69, 9.17) is 16.0 Å². The number of hydrogen-bond donors (Lipinski definition) is 1. The Morgan fingerprint density at radius 3 is 2.45 bits per heavy atom. The molecule has 5 nitrogen and oxygen atoms in total. The van der Waals surface area contributed by atoms with Crippen molar-refractivity contribution >= 4 is 34.3 Å². The minimum Gasteiger partial charge on any atom is -0.503 e. The average molecular weight is 466 g/mol. The second-order valence-electron chi connectivity index (χ2n) is 9.51. The molecule has 1 aliphatic rings. The topological polar surface area (TPSA) is 70.8 Å². The summed E-state index contributed by atoms with van der Waals surface area (Å²) in [6, 6.07) is 13.9. The van der Waals surface area contributed by atoms with Gasteiger partial charge in [0.25, 0.3) is 5.91 Å². The summed E-state index contributed by atoms with van der Waals surface area (Å²) in [4.78, 5) is 28.1. The number of aliphatic hydroxyl groups is 1. The normalized spacial score (nSPS) is 16.8. The number of Topliss-reactive ketones (excluding diaryl/α,β-unsaturated/α-hetero) is 1. The van der Waals surface area contributed by atoms with Gasteiger partial charge < -0.3 is 14.4 Å². The van der Waals surface area contributed by atoms with E-state index in [0.29, 0.717) is 22.5 Å². The molecule has 0 aliphatic carbocycles. The van der Waals surface area contributed by atoms with E-state index in [0.717, 1.165) is 24.0 Å². The van der Waals surface area contributed by atoms with Crippen LogP contribution in [0.5, 0.6) is 0 Å². The van der Waals surface area contributed by atoms with Crippen molar-refractivity contribution in [2.45, 2.75) is 52.0 Å². The first-order valence-electron chi connectivity index (χ1n) is 11.2. The lowest BCUT2D eigenvalue weighted by Crippen LogP contribution is -2.32. The van der Waals surface area contributed by atoms with Crippen LogP contribution in [-0.4, -0.2) is 28.2 Å². The van der Waals surface area contributed by atoms with Crippen LogP contribution in [0.2, 0.25) is 5.02 Å². The quantitative estimate of drug-likeness (QED) is 0.408. The van der Waals surface area contributed by atoms with Crippen LogP contribution < -0.4 is 0 Å². The summed E-state index contributed by atoms with van der Waals surface area (Å²) in [5.41, 5.74) is 2.45. The van der Waals surface area contributed by atoms with Crippen molar-refractivity contribution < 1.29 is 19.1 Å². The van der Waals surface area contributed by atoms with E-state index < -0.39 is 23.5 Å². The molecule has 0 bridgehead atoms. The molecule has 1 amide bonds. The molecule has 3 aromatic rings. The molecule has 2 heterocycles. The molecule has 1 N–H and O–H groups in total. The number of nitrogens with zero attached hydrogens (tertiary/aromatic N) is 1. The lowest BCUT2D eigenvalue weighted by molar-refractivity contribution is -0.129. The van der Waals surface area contributed by atoms with E-state index in [1.54, 1.807) is 29.2 Å². The number of hydrogen-bond acceptors (Lipinski definition) is 4. The zero-order valence-electron chi connectivity index (χ0n) is 19.3. The predicted octanol–water partition coefficient (Wildman–Crippen LogP) is 6.76. The Balaban J connectivity index is 1.78. The van der Waals surface area contributed by atoms with Gasteiger partial charge in [-0.3, -0.25) is 9.59 Å². The molecule has 2 aromatic carbocycles. The van der Waals surface area contributed by atoms with E-state index in [9.17, 15) is 14.7 Å². The summed E-state index contributed by atoms with van der Waals surface area (Å²) < 4.78 is 5.76. The Morgan fingerprint density at radius 1 is 1.12 bits per heavy atom. The molecule has 4 rings (SSSR count). The number of amides is 1. The second kappa shape index (κ2) is 8.71. The van der Waals surface area contributed by atoms with Crippen molar-refractivity contribution in [3.63, 3.8) is 0 Å². The number of rotatable bonds is 6. The van der Waals surface area contributed by atoms with Crippen LogP contribution in [0.15, 0.2) is 64.3 Å². The van der Waals surface area contributed by atoms with Gasteiger partial charge in [0.1, 0.15) is 5.58 Å². The van der Waals surface area contributed by atoms with Crippen LogP contribution in [0.3, 0.4) is 0 Å². The van der Waals surface area contributed by atoms with Crippen LogP contribution in [0.25, 0.3) is 11.0 Å². The highest BCUT2D eigenvalue weighted by molar-refractivity contribution is 6.31. The fraction of sp³-hybridized carbons (Fsp3) is 0.333. The van der Waals surface area contributed by atoms with Crippen molar-refractivity contribution in [1.82, 2.24) is 4.90 Å². The third-order valence-electron chi connectivity index (χ3n) is 6.10. The standard InChI is InChI=1S/C27H28ClNO4/c1-5-6-13-29-23(16-7-9-18(10-8-16)27(2,3)4)22(25(31)26(29)32)24(30)21-15-17-14-19(28)11-12-20(17)33-21/h7-12,14-15,23,31H,5-6,13H2,1-4H3. The summed E-state index contributed by atoms with van der Waals surface area (Å²) in [7, 11) is 0. The molecule has 0 saturated heterocycles. The van der Waals surface area contributed by atoms with E-state index >= 15 is 0 Å². The lowest BCUT2D eigenvalue weighted by Gasteiger charge is -2.27. The predicted molar refractivity (Wildman–Crippen MR) is 130 cm³/mol. The molecule has 1 atom stereocenters. The number of carbonyl (C=O) groups excluding carboxylic acids is 2. The number of benzene rings is 2. The van der Waals surface area contributed by atoms with Gasteiger partial charge in [-0.25, -0.2) is 0 Å². The number of carbonyl (C=O) groups is 2. The van der Waals surface area contributed by atoms with Gasteiger partial charge in [0.2, 0.25) is 5.78 Å². The third-order valence-corrected chi connectivity index (χ3v) is 6.33. The molecule has 1 aliphatic heterocycles. The SMILES string of the molecule is CCCCN1C(=O)C(O)=C(C(=O)c2cc3cc(Cl)ccc3o2)C1c1ccc(C(C)(C)C)cc1. The Morgan fingerprint density at radius 2 is 1.82 bits per heavy atom. The number of halogens is 1. The molecule has 172 valence electrons. The molecule has 0 fully saturated rings. The van der Waals surface area contributed by atoms with Gasteiger partial charge >= 0.3 is 0 Å². The molecule has 0 radical (unpaired) electrons. The maximum absolute atomic E-state index is 13.6. The molecule has 6 heteroatoms. The Hall–Kier alpha value is -3.05. The van der Waals surface area contributed by atoms with Crippen LogP contribution in [0, 0.1) is 0 Å². The van der Waals surface area contributed by atoms with E-state index in [-0.39, 0.29) is 16.7 Å². The molecule has 0 saturated carbocycles. The number of ketones is 1. The summed E-state index contributed by atoms with van der Waals surface area (Å²) in [5, 5.41) is 12.0. The van der Waals surface area contributed by atoms with Crippen LogP contribution >= 0.6 is 11.6 Å². The smallest absolute Gasteiger partial charge is 0.290 e. The van der Waals surface area contributed by atoms with Gasteiger partial charge in [-0.2, -0.15) is 0 Å². The summed E-state index contributed by atoms with van der Waals surface area (Å²) >= 11 is 6.07. The van der Waals surface area contributed by atoms with Gasteiger partial charge in [0, 0.05) is 17.0 Å². The number of fused-ring (bicyclic) bond motifs is 1. The van der Waals surface area contributed by atoms with Crippen LogP contribution in [-0.2, 0) is 10.2 Å². The fourth-order valence-corrected chi connectivity index (χ4v) is 4.40. The zero-order chi connectivity index (χ0) is 23.9. The zero-order valence-corrected chi connectivity index (χ0v) is 20.1. The largest absolute Gasteiger partial charge is 0.503 e. The van der Waals surface area contributed by atoms with E-state index in [2.05, 4.69) is 20.8 Å². The highest BCUT2D eigenvalue weighted by Crippen LogP contribution is 2.40. The summed E-state index contributed by atoms with van der Waals surface area (Å²) in [6.07, 6.45) is 1.65. The van der Waals surface area contributed by atoms with E-state index in [1.807, 2.05) is 31.2 Å². The van der Waals surface area contributed by atoms with Crippen molar-refractivity contribution in [2.24, 2.45) is 0 Å².